The van der Waals surface area contributed by atoms with Gasteiger partial charge in [-0.15, -0.1) is 0 Å². The molecule has 8 heteroatoms. The minimum absolute atomic E-state index is 0.222. The number of carbonyl (C=O) groups excluding carboxylic acids is 1. The van der Waals surface area contributed by atoms with Gasteiger partial charge in [0.25, 0.3) is 0 Å². The number of urea groups is 1. The van der Waals surface area contributed by atoms with Crippen molar-refractivity contribution in [3.8, 4) is 0 Å². The predicted molar refractivity (Wildman–Crippen MR) is 172 cm³/mol. The molecule has 1 saturated heterocycles. The highest BCUT2D eigenvalue weighted by Gasteiger charge is 2.49. The number of hydrogen-bond acceptors (Lipinski definition) is 6. The Bertz CT molecular complexity index is 1410. The molecule has 1 fully saturated rings. The maximum atomic E-state index is 13.0. The van der Waals surface area contributed by atoms with Crippen LogP contribution >= 0.6 is 0 Å². The van der Waals surface area contributed by atoms with E-state index in [1.807, 2.05) is 121 Å². The lowest BCUT2D eigenvalue weighted by Crippen LogP contribution is -2.65. The van der Waals surface area contributed by atoms with Crippen LogP contribution in [-0.2, 0) is 50.1 Å². The predicted octanol–water partition coefficient (Wildman–Crippen LogP) is 5.96. The molecule has 0 bridgehead atoms. The van der Waals surface area contributed by atoms with E-state index in [0.717, 1.165) is 22.3 Å². The normalized spacial score (nSPS) is 21.2. The number of nitrogens with zero attached hydrogens (tertiary/aromatic N) is 1. The first-order valence-electron chi connectivity index (χ1n) is 15.3. The Labute approximate surface area is 265 Å². The Morgan fingerprint density at radius 2 is 1.00 bits per heavy atom. The van der Waals surface area contributed by atoms with Crippen LogP contribution in [0, 0.1) is 0 Å². The highest BCUT2D eigenvalue weighted by atomic mass is 16.6. The van der Waals surface area contributed by atoms with Gasteiger partial charge >= 0.3 is 6.03 Å². The third-order valence-electron chi connectivity index (χ3n) is 7.56. The van der Waals surface area contributed by atoms with Crippen LogP contribution in [-0.4, -0.2) is 62.3 Å². The van der Waals surface area contributed by atoms with Gasteiger partial charge in [-0.1, -0.05) is 121 Å². The number of ether oxygens (including phenoxy) is 5. The lowest BCUT2D eigenvalue weighted by atomic mass is 9.97. The molecule has 45 heavy (non-hydrogen) atoms. The van der Waals surface area contributed by atoms with Crippen molar-refractivity contribution in [2.24, 2.45) is 0 Å². The highest BCUT2D eigenvalue weighted by Crippen LogP contribution is 2.30. The second-order valence-corrected chi connectivity index (χ2v) is 11.2. The second-order valence-electron chi connectivity index (χ2n) is 11.2. The van der Waals surface area contributed by atoms with Crippen LogP contribution in [0.4, 0.5) is 4.79 Å². The van der Waals surface area contributed by atoms with E-state index in [1.54, 1.807) is 14.1 Å². The minimum Gasteiger partial charge on any atom is -0.374 e. The zero-order valence-corrected chi connectivity index (χ0v) is 25.9. The zero-order valence-electron chi connectivity index (χ0n) is 25.9. The Balaban J connectivity index is 1.45. The molecule has 0 spiro atoms. The topological polar surface area (TPSA) is 78.5 Å². The Morgan fingerprint density at radius 3 is 1.44 bits per heavy atom. The molecule has 1 aliphatic heterocycles. The van der Waals surface area contributed by atoms with Gasteiger partial charge in [0.15, 0.2) is 6.23 Å². The molecular weight excluding hydrogens is 568 g/mol. The summed E-state index contributed by atoms with van der Waals surface area (Å²) in [6.45, 7) is 1.60. The van der Waals surface area contributed by atoms with E-state index < -0.39 is 30.6 Å². The van der Waals surface area contributed by atoms with Gasteiger partial charge in [-0.25, -0.2) is 4.79 Å². The summed E-state index contributed by atoms with van der Waals surface area (Å²) in [6.07, 6.45) is -3.26. The van der Waals surface area contributed by atoms with Gasteiger partial charge < -0.3 is 33.9 Å². The standard InChI is InChI=1S/C37H42N2O6/c1-39(2)37(40)38-36-35(44-26-31-21-13-6-14-22-31)34(43-25-30-19-11-5-12-20-30)33(42-24-29-17-9-4-10-18-29)32(45-36)27-41-23-28-15-7-3-8-16-28/h3-22,32-36H,23-27H2,1-2H3,(H,38,40)/t32-,33-,34+,35-,36-/m1/s1. The van der Waals surface area contributed by atoms with Crippen molar-refractivity contribution in [3.63, 3.8) is 0 Å². The van der Waals surface area contributed by atoms with Crippen molar-refractivity contribution in [1.82, 2.24) is 10.2 Å². The van der Waals surface area contributed by atoms with Gasteiger partial charge in [0.2, 0.25) is 0 Å². The lowest BCUT2D eigenvalue weighted by molar-refractivity contribution is -0.276. The number of nitrogens with one attached hydrogen (secondary N) is 1. The third kappa shape index (κ3) is 9.72. The Morgan fingerprint density at radius 1 is 0.600 bits per heavy atom. The molecule has 0 aliphatic carbocycles. The fraction of sp³-hybridized carbons (Fsp3) is 0.324. The number of hydrogen-bond donors (Lipinski definition) is 1. The Hall–Kier alpha value is -4.05. The van der Waals surface area contributed by atoms with Crippen molar-refractivity contribution in [1.29, 1.82) is 0 Å². The fourth-order valence-corrected chi connectivity index (χ4v) is 5.16. The first-order valence-corrected chi connectivity index (χ1v) is 15.3. The molecule has 4 aromatic carbocycles. The average Bonchev–Trinajstić information content (AvgIpc) is 3.08. The molecule has 2 amide bonds. The Kier molecular flexibility index (Phi) is 12.1. The summed E-state index contributed by atoms with van der Waals surface area (Å²) >= 11 is 0. The van der Waals surface area contributed by atoms with Crippen molar-refractivity contribution >= 4 is 6.03 Å². The van der Waals surface area contributed by atoms with Crippen LogP contribution in [0.1, 0.15) is 22.3 Å². The summed E-state index contributed by atoms with van der Waals surface area (Å²) in [5.74, 6) is 0. The van der Waals surface area contributed by atoms with Gasteiger partial charge in [0, 0.05) is 14.1 Å². The largest absolute Gasteiger partial charge is 0.374 e. The van der Waals surface area contributed by atoms with Crippen molar-refractivity contribution in [2.45, 2.75) is 57.1 Å². The quantitative estimate of drug-likeness (QED) is 0.190. The molecule has 5 atom stereocenters. The number of benzene rings is 4. The summed E-state index contributed by atoms with van der Waals surface area (Å²) in [4.78, 5) is 14.5. The molecule has 1 aliphatic rings. The number of carbonyl (C=O) groups is 1. The van der Waals surface area contributed by atoms with Crippen LogP contribution in [0.15, 0.2) is 121 Å². The van der Waals surface area contributed by atoms with Crippen LogP contribution in [0.25, 0.3) is 0 Å². The van der Waals surface area contributed by atoms with E-state index in [2.05, 4.69) is 5.32 Å². The fourth-order valence-electron chi connectivity index (χ4n) is 5.16. The van der Waals surface area contributed by atoms with E-state index >= 15 is 0 Å². The van der Waals surface area contributed by atoms with Crippen molar-refractivity contribution in [2.75, 3.05) is 20.7 Å². The number of amides is 2. The van der Waals surface area contributed by atoms with E-state index in [4.69, 9.17) is 23.7 Å². The molecule has 0 aromatic heterocycles. The number of rotatable bonds is 14. The summed E-state index contributed by atoms with van der Waals surface area (Å²) in [5.41, 5.74) is 4.08. The molecule has 0 saturated carbocycles. The molecule has 0 radical (unpaired) electrons. The summed E-state index contributed by atoms with van der Waals surface area (Å²) < 4.78 is 32.7. The maximum Gasteiger partial charge on any atom is 0.318 e. The SMILES string of the molecule is CN(C)C(=O)N[C@@H]1O[C@H](COCc2ccccc2)[C@@H](OCc2ccccc2)[C@H](OCc2ccccc2)[C@H]1OCc1ccccc1. The molecule has 4 aromatic rings. The van der Waals surface area contributed by atoms with Crippen LogP contribution in [0.3, 0.4) is 0 Å². The van der Waals surface area contributed by atoms with E-state index in [0.29, 0.717) is 26.4 Å². The van der Waals surface area contributed by atoms with Gasteiger partial charge in [-0.3, -0.25) is 0 Å². The van der Waals surface area contributed by atoms with Crippen LogP contribution < -0.4 is 5.32 Å². The first-order chi connectivity index (χ1) is 22.1. The monoisotopic (exact) mass is 610 g/mol. The molecule has 236 valence electrons. The lowest BCUT2D eigenvalue weighted by Gasteiger charge is -2.46. The van der Waals surface area contributed by atoms with E-state index in [1.165, 1.54) is 4.90 Å². The van der Waals surface area contributed by atoms with Crippen molar-refractivity contribution in [3.05, 3.63) is 144 Å². The van der Waals surface area contributed by atoms with E-state index in [-0.39, 0.29) is 12.6 Å². The summed E-state index contributed by atoms with van der Waals surface area (Å²) in [5, 5.41) is 3.01. The minimum atomic E-state index is -0.828. The van der Waals surface area contributed by atoms with Crippen LogP contribution in [0.2, 0.25) is 0 Å². The molecule has 0 unspecified atom stereocenters. The highest BCUT2D eigenvalue weighted by molar-refractivity contribution is 5.73. The van der Waals surface area contributed by atoms with Gasteiger partial charge in [0.05, 0.1) is 33.0 Å². The zero-order chi connectivity index (χ0) is 31.3. The molecular formula is C37H42N2O6. The molecule has 1 heterocycles. The maximum absolute atomic E-state index is 13.0. The van der Waals surface area contributed by atoms with Crippen molar-refractivity contribution < 1.29 is 28.5 Å². The summed E-state index contributed by atoms with van der Waals surface area (Å²) in [7, 11) is 3.38. The molecule has 1 N–H and O–H groups in total. The van der Waals surface area contributed by atoms with E-state index in [9.17, 15) is 4.79 Å². The smallest absolute Gasteiger partial charge is 0.318 e. The summed E-state index contributed by atoms with van der Waals surface area (Å²) in [6, 6.07) is 39.5. The molecule has 5 rings (SSSR count). The van der Waals surface area contributed by atoms with Gasteiger partial charge in [-0.05, 0) is 22.3 Å². The first kappa shape index (κ1) is 32.3. The van der Waals surface area contributed by atoms with Crippen LogP contribution in [0.5, 0.6) is 0 Å². The van der Waals surface area contributed by atoms with Gasteiger partial charge in [-0.2, -0.15) is 0 Å². The second kappa shape index (κ2) is 16.9. The van der Waals surface area contributed by atoms with Gasteiger partial charge in [0.1, 0.15) is 24.4 Å². The third-order valence-corrected chi connectivity index (χ3v) is 7.56. The molecule has 8 nitrogen and oxygen atoms in total. The average molecular weight is 611 g/mol.